The maximum Gasteiger partial charge on any atom is 0.258 e. The minimum atomic E-state index is -0.0877. The Bertz CT molecular complexity index is 439. The fraction of sp³-hybridized carbons (Fsp3) is 0.538. The molecule has 0 aromatic carbocycles. The van der Waals surface area contributed by atoms with Gasteiger partial charge in [0.05, 0.1) is 11.6 Å². The van der Waals surface area contributed by atoms with Crippen LogP contribution in [-0.4, -0.2) is 23.4 Å². The predicted octanol–water partition coefficient (Wildman–Crippen LogP) is 2.50. The van der Waals surface area contributed by atoms with Crippen molar-refractivity contribution in [3.63, 3.8) is 0 Å². The molecule has 0 unspecified atom stereocenters. The molecule has 2 rings (SSSR count). The highest BCUT2D eigenvalue weighted by molar-refractivity contribution is 5.94. The number of nitriles is 1. The van der Waals surface area contributed by atoms with Crippen LogP contribution in [0, 0.1) is 18.3 Å². The second kappa shape index (κ2) is 5.05. The van der Waals surface area contributed by atoms with E-state index in [0.717, 1.165) is 31.4 Å². The summed E-state index contributed by atoms with van der Waals surface area (Å²) >= 11 is 0. The highest BCUT2D eigenvalue weighted by atomic mass is 16.3. The van der Waals surface area contributed by atoms with E-state index in [1.165, 1.54) is 6.26 Å². The Kier molecular flexibility index (Phi) is 3.48. The van der Waals surface area contributed by atoms with E-state index in [-0.39, 0.29) is 18.5 Å². The maximum absolute atomic E-state index is 12.2. The molecule has 0 saturated heterocycles. The third-order valence-corrected chi connectivity index (χ3v) is 3.24. The third-order valence-electron chi connectivity index (χ3n) is 3.24. The van der Waals surface area contributed by atoms with Crippen LogP contribution in [0.2, 0.25) is 0 Å². The van der Waals surface area contributed by atoms with Gasteiger partial charge in [-0.05, 0) is 25.8 Å². The van der Waals surface area contributed by atoms with Gasteiger partial charge in [0, 0.05) is 6.04 Å². The van der Waals surface area contributed by atoms with Gasteiger partial charge >= 0.3 is 0 Å². The van der Waals surface area contributed by atoms with Crippen LogP contribution in [0.15, 0.2) is 16.7 Å². The van der Waals surface area contributed by atoms with Crippen LogP contribution >= 0.6 is 0 Å². The van der Waals surface area contributed by atoms with Crippen molar-refractivity contribution in [3.05, 3.63) is 23.7 Å². The van der Waals surface area contributed by atoms with E-state index < -0.39 is 0 Å². The van der Waals surface area contributed by atoms with Crippen molar-refractivity contribution in [3.8, 4) is 6.07 Å². The van der Waals surface area contributed by atoms with E-state index in [9.17, 15) is 4.79 Å². The van der Waals surface area contributed by atoms with Crippen molar-refractivity contribution in [1.82, 2.24) is 4.90 Å². The van der Waals surface area contributed by atoms with Crippen LogP contribution in [0.5, 0.6) is 0 Å². The second-order valence-electron chi connectivity index (χ2n) is 4.48. The normalized spacial score (nSPS) is 15.8. The summed E-state index contributed by atoms with van der Waals surface area (Å²) < 4.78 is 5.15. The first-order valence-corrected chi connectivity index (χ1v) is 5.95. The molecule has 17 heavy (non-hydrogen) atoms. The Morgan fingerprint density at radius 2 is 2.29 bits per heavy atom. The number of hydrogen-bond donors (Lipinski definition) is 0. The fourth-order valence-electron chi connectivity index (χ4n) is 2.38. The Morgan fingerprint density at radius 1 is 1.59 bits per heavy atom. The van der Waals surface area contributed by atoms with Crippen molar-refractivity contribution in [2.75, 3.05) is 6.54 Å². The molecule has 1 amide bonds. The minimum Gasteiger partial charge on any atom is -0.469 e. The summed E-state index contributed by atoms with van der Waals surface area (Å²) in [5, 5.41) is 8.83. The van der Waals surface area contributed by atoms with Gasteiger partial charge in [0.2, 0.25) is 0 Å². The lowest BCUT2D eigenvalue weighted by atomic mass is 10.1. The third kappa shape index (κ3) is 2.50. The zero-order valence-corrected chi connectivity index (χ0v) is 9.98. The molecule has 0 aliphatic heterocycles. The van der Waals surface area contributed by atoms with Crippen LogP contribution in [0.25, 0.3) is 0 Å². The van der Waals surface area contributed by atoms with Gasteiger partial charge in [-0.2, -0.15) is 5.26 Å². The summed E-state index contributed by atoms with van der Waals surface area (Å²) in [7, 11) is 0. The monoisotopic (exact) mass is 232 g/mol. The average Bonchev–Trinajstić information content (AvgIpc) is 2.95. The molecule has 1 aromatic rings. The summed E-state index contributed by atoms with van der Waals surface area (Å²) in [6, 6.07) is 4.02. The zero-order chi connectivity index (χ0) is 12.3. The molecule has 1 fully saturated rings. The summed E-state index contributed by atoms with van der Waals surface area (Å²) in [5.74, 6) is 0.631. The van der Waals surface area contributed by atoms with Crippen LogP contribution in [0.3, 0.4) is 0 Å². The van der Waals surface area contributed by atoms with Gasteiger partial charge in [0.25, 0.3) is 5.91 Å². The maximum atomic E-state index is 12.2. The summed E-state index contributed by atoms with van der Waals surface area (Å²) in [6.07, 6.45) is 5.76. The van der Waals surface area contributed by atoms with Gasteiger partial charge in [0.15, 0.2) is 0 Å². The van der Waals surface area contributed by atoms with Crippen LogP contribution in [0.4, 0.5) is 0 Å². The van der Waals surface area contributed by atoms with E-state index in [1.54, 1.807) is 17.9 Å². The van der Waals surface area contributed by atoms with Crippen LogP contribution in [0.1, 0.15) is 41.8 Å². The van der Waals surface area contributed by atoms with Crippen molar-refractivity contribution >= 4 is 5.91 Å². The summed E-state index contributed by atoms with van der Waals surface area (Å²) in [4.78, 5) is 13.9. The van der Waals surface area contributed by atoms with Gasteiger partial charge in [-0.15, -0.1) is 0 Å². The van der Waals surface area contributed by atoms with Gasteiger partial charge in [-0.1, -0.05) is 12.8 Å². The molecule has 4 heteroatoms. The van der Waals surface area contributed by atoms with E-state index >= 15 is 0 Å². The van der Waals surface area contributed by atoms with Gasteiger partial charge in [-0.3, -0.25) is 4.79 Å². The standard InChI is InChI=1S/C13H16N2O2/c1-10-8-11(9-17-10)13(16)15(7-6-14)12-4-2-3-5-12/h8-9,12H,2-5,7H2,1H3. The molecule has 1 aliphatic rings. The first-order valence-electron chi connectivity index (χ1n) is 5.95. The Balaban J connectivity index is 2.15. The molecule has 0 bridgehead atoms. The van der Waals surface area contributed by atoms with Crippen molar-refractivity contribution < 1.29 is 9.21 Å². The molecular formula is C13H16N2O2. The lowest BCUT2D eigenvalue weighted by molar-refractivity contribution is 0.0708. The summed E-state index contributed by atoms with van der Waals surface area (Å²) in [5.41, 5.74) is 0.546. The van der Waals surface area contributed by atoms with E-state index in [0.29, 0.717) is 5.56 Å². The summed E-state index contributed by atoms with van der Waals surface area (Å²) in [6.45, 7) is 1.97. The average molecular weight is 232 g/mol. The van der Waals surface area contributed by atoms with Crippen molar-refractivity contribution in [2.45, 2.75) is 38.6 Å². The van der Waals surface area contributed by atoms with Crippen LogP contribution in [-0.2, 0) is 0 Å². The van der Waals surface area contributed by atoms with E-state index in [2.05, 4.69) is 6.07 Å². The van der Waals surface area contributed by atoms with Gasteiger partial charge in [0.1, 0.15) is 18.6 Å². The molecule has 1 heterocycles. The van der Waals surface area contributed by atoms with Gasteiger partial charge < -0.3 is 9.32 Å². The molecular weight excluding hydrogens is 216 g/mol. The largest absolute Gasteiger partial charge is 0.469 e. The number of furan rings is 1. The smallest absolute Gasteiger partial charge is 0.258 e. The lowest BCUT2D eigenvalue weighted by Gasteiger charge is -2.25. The number of carbonyl (C=O) groups excluding carboxylic acids is 1. The number of aryl methyl sites for hydroxylation is 1. The molecule has 4 nitrogen and oxygen atoms in total. The number of nitrogens with zero attached hydrogens (tertiary/aromatic N) is 2. The van der Waals surface area contributed by atoms with E-state index in [4.69, 9.17) is 9.68 Å². The zero-order valence-electron chi connectivity index (χ0n) is 9.98. The molecule has 0 atom stereocenters. The predicted molar refractivity (Wildman–Crippen MR) is 62.4 cm³/mol. The SMILES string of the molecule is Cc1cc(C(=O)N(CC#N)C2CCCC2)co1. The molecule has 1 saturated carbocycles. The topological polar surface area (TPSA) is 57.2 Å². The number of amides is 1. The quantitative estimate of drug-likeness (QED) is 0.752. The highest BCUT2D eigenvalue weighted by Crippen LogP contribution is 2.25. The number of carbonyl (C=O) groups is 1. The Morgan fingerprint density at radius 3 is 2.82 bits per heavy atom. The van der Waals surface area contributed by atoms with Crippen LogP contribution < -0.4 is 0 Å². The first-order chi connectivity index (χ1) is 8.22. The van der Waals surface area contributed by atoms with Gasteiger partial charge in [-0.25, -0.2) is 0 Å². The highest BCUT2D eigenvalue weighted by Gasteiger charge is 2.27. The second-order valence-corrected chi connectivity index (χ2v) is 4.48. The Labute approximate surface area is 101 Å². The Hall–Kier alpha value is -1.76. The molecule has 0 N–H and O–H groups in total. The molecule has 1 aromatic heterocycles. The molecule has 0 radical (unpaired) electrons. The molecule has 0 spiro atoms. The molecule has 1 aliphatic carbocycles. The number of rotatable bonds is 3. The molecule has 90 valence electrons. The van der Waals surface area contributed by atoms with Crippen molar-refractivity contribution in [2.24, 2.45) is 0 Å². The van der Waals surface area contributed by atoms with Crippen molar-refractivity contribution in [1.29, 1.82) is 5.26 Å². The minimum absolute atomic E-state index is 0.0877. The fourth-order valence-corrected chi connectivity index (χ4v) is 2.38. The first kappa shape index (κ1) is 11.7. The van der Waals surface area contributed by atoms with E-state index in [1.807, 2.05) is 0 Å². The lowest BCUT2D eigenvalue weighted by Crippen LogP contribution is -2.38. The number of hydrogen-bond acceptors (Lipinski definition) is 3.